The number of nitro groups is 1. The summed E-state index contributed by atoms with van der Waals surface area (Å²) in [7, 11) is 0. The Labute approximate surface area is 108 Å². The van der Waals surface area contributed by atoms with Gasteiger partial charge in [-0.3, -0.25) is 14.9 Å². The third kappa shape index (κ3) is 3.61. The molecule has 0 fully saturated rings. The van der Waals surface area contributed by atoms with E-state index in [2.05, 4.69) is 5.32 Å². The Morgan fingerprint density at radius 2 is 2.29 bits per heavy atom. The van der Waals surface area contributed by atoms with Crippen molar-refractivity contribution in [2.75, 3.05) is 18.6 Å². The molecule has 92 valence electrons. The number of carbonyl (C=O) groups excluding carboxylic acids is 1. The third-order valence-corrected chi connectivity index (χ3v) is 2.92. The number of nitro benzene ring substituents is 1. The average Bonchev–Trinajstić information content (AvgIpc) is 2.28. The number of benzene rings is 1. The van der Waals surface area contributed by atoms with Crippen LogP contribution in [-0.4, -0.2) is 29.4 Å². The van der Waals surface area contributed by atoms with Crippen LogP contribution in [0.25, 0.3) is 0 Å². The highest BCUT2D eigenvalue weighted by atomic mass is 35.5. The maximum atomic E-state index is 11.7. The maximum absolute atomic E-state index is 11.7. The second-order valence-corrected chi connectivity index (χ2v) is 4.53. The number of halogens is 1. The first-order chi connectivity index (χ1) is 8.07. The summed E-state index contributed by atoms with van der Waals surface area (Å²) < 4.78 is 0. The summed E-state index contributed by atoms with van der Waals surface area (Å²) >= 11 is 7.28. The van der Waals surface area contributed by atoms with Gasteiger partial charge in [0, 0.05) is 12.3 Å². The van der Waals surface area contributed by atoms with Gasteiger partial charge >= 0.3 is 5.69 Å². The Bertz CT molecular complexity index is 440. The normalized spacial score (nSPS) is 10.0. The van der Waals surface area contributed by atoms with Crippen molar-refractivity contribution in [2.24, 2.45) is 0 Å². The molecule has 0 aliphatic heterocycles. The van der Waals surface area contributed by atoms with Crippen molar-refractivity contribution >= 4 is 35.0 Å². The van der Waals surface area contributed by atoms with Crippen LogP contribution in [0.15, 0.2) is 18.2 Å². The van der Waals surface area contributed by atoms with Crippen LogP contribution >= 0.6 is 23.4 Å². The minimum atomic E-state index is -0.647. The molecule has 17 heavy (non-hydrogen) atoms. The van der Waals surface area contributed by atoms with E-state index in [0.717, 1.165) is 5.75 Å². The molecule has 0 aliphatic carbocycles. The van der Waals surface area contributed by atoms with Crippen LogP contribution < -0.4 is 5.32 Å². The summed E-state index contributed by atoms with van der Waals surface area (Å²) in [5.41, 5.74) is -0.362. The number of nitrogens with zero attached hydrogens (tertiary/aromatic N) is 1. The fraction of sp³-hybridized carbons (Fsp3) is 0.300. The van der Waals surface area contributed by atoms with Crippen molar-refractivity contribution in [2.45, 2.75) is 0 Å². The molecule has 1 amide bonds. The van der Waals surface area contributed by atoms with Gasteiger partial charge in [-0.15, -0.1) is 0 Å². The van der Waals surface area contributed by atoms with Crippen LogP contribution in [-0.2, 0) is 0 Å². The van der Waals surface area contributed by atoms with Crippen LogP contribution in [0.1, 0.15) is 10.4 Å². The van der Waals surface area contributed by atoms with Gasteiger partial charge in [0.2, 0.25) is 0 Å². The summed E-state index contributed by atoms with van der Waals surface area (Å²) in [6.07, 6.45) is 1.91. The van der Waals surface area contributed by atoms with E-state index in [1.807, 2.05) is 6.26 Å². The topological polar surface area (TPSA) is 72.2 Å². The third-order valence-electron chi connectivity index (χ3n) is 2.01. The second-order valence-electron chi connectivity index (χ2n) is 3.14. The standard InChI is InChI=1S/C10H11ClN2O3S/c1-17-6-5-12-10(14)7-3-2-4-8(11)9(7)13(15)16/h2-4H,5-6H2,1H3,(H,12,14). The minimum absolute atomic E-state index is 0.0106. The average molecular weight is 275 g/mol. The monoisotopic (exact) mass is 274 g/mol. The fourth-order valence-electron chi connectivity index (χ4n) is 1.25. The van der Waals surface area contributed by atoms with E-state index >= 15 is 0 Å². The van der Waals surface area contributed by atoms with Crippen LogP contribution in [0, 0.1) is 10.1 Å². The van der Waals surface area contributed by atoms with Gasteiger partial charge in [0.15, 0.2) is 0 Å². The van der Waals surface area contributed by atoms with E-state index in [4.69, 9.17) is 11.6 Å². The molecule has 0 bridgehead atoms. The maximum Gasteiger partial charge on any atom is 0.300 e. The van der Waals surface area contributed by atoms with Crippen LogP contribution in [0.2, 0.25) is 5.02 Å². The Morgan fingerprint density at radius 1 is 1.59 bits per heavy atom. The SMILES string of the molecule is CSCCNC(=O)c1cccc(Cl)c1[N+](=O)[O-]. The molecule has 0 atom stereocenters. The molecule has 0 heterocycles. The molecule has 0 aromatic heterocycles. The van der Waals surface area contributed by atoms with E-state index in [0.29, 0.717) is 6.54 Å². The predicted octanol–water partition coefficient (Wildman–Crippen LogP) is 2.34. The van der Waals surface area contributed by atoms with Crippen molar-refractivity contribution in [1.29, 1.82) is 0 Å². The highest BCUT2D eigenvalue weighted by Crippen LogP contribution is 2.27. The van der Waals surface area contributed by atoms with Crippen molar-refractivity contribution in [3.05, 3.63) is 38.9 Å². The molecular formula is C10H11ClN2O3S. The molecule has 1 rings (SSSR count). The van der Waals surface area contributed by atoms with Gasteiger partial charge < -0.3 is 5.32 Å². The van der Waals surface area contributed by atoms with Crippen molar-refractivity contribution < 1.29 is 9.72 Å². The second kappa shape index (κ2) is 6.46. The Hall–Kier alpha value is -1.27. The van der Waals surface area contributed by atoms with Crippen molar-refractivity contribution in [3.8, 4) is 0 Å². The largest absolute Gasteiger partial charge is 0.351 e. The smallest absolute Gasteiger partial charge is 0.300 e. The lowest BCUT2D eigenvalue weighted by Gasteiger charge is -2.05. The van der Waals surface area contributed by atoms with E-state index in [1.165, 1.54) is 18.2 Å². The Kier molecular flexibility index (Phi) is 5.24. The number of nitrogens with one attached hydrogen (secondary N) is 1. The van der Waals surface area contributed by atoms with Gasteiger partial charge in [0.1, 0.15) is 10.6 Å². The molecule has 1 aromatic carbocycles. The van der Waals surface area contributed by atoms with Crippen LogP contribution in [0.3, 0.4) is 0 Å². The van der Waals surface area contributed by atoms with Crippen molar-refractivity contribution in [3.63, 3.8) is 0 Å². The van der Waals surface area contributed by atoms with Gasteiger partial charge in [0.05, 0.1) is 4.92 Å². The summed E-state index contributed by atoms with van der Waals surface area (Å²) in [5.74, 6) is 0.272. The zero-order chi connectivity index (χ0) is 12.8. The van der Waals surface area contributed by atoms with Gasteiger partial charge in [-0.2, -0.15) is 11.8 Å². The molecule has 7 heteroatoms. The van der Waals surface area contributed by atoms with Crippen LogP contribution in [0.4, 0.5) is 5.69 Å². The number of para-hydroxylation sites is 1. The molecule has 0 saturated heterocycles. The van der Waals surface area contributed by atoms with Gasteiger partial charge in [0.25, 0.3) is 5.91 Å². The highest BCUT2D eigenvalue weighted by molar-refractivity contribution is 7.98. The summed E-state index contributed by atoms with van der Waals surface area (Å²) in [5, 5.41) is 13.4. The van der Waals surface area contributed by atoms with E-state index < -0.39 is 10.8 Å². The molecule has 0 unspecified atom stereocenters. The molecule has 5 nitrogen and oxygen atoms in total. The lowest BCUT2D eigenvalue weighted by molar-refractivity contribution is -0.385. The first-order valence-corrected chi connectivity index (χ1v) is 6.55. The van der Waals surface area contributed by atoms with Gasteiger partial charge in [-0.1, -0.05) is 17.7 Å². The first kappa shape index (κ1) is 13.8. The Morgan fingerprint density at radius 3 is 2.88 bits per heavy atom. The molecule has 1 aromatic rings. The molecule has 0 saturated carbocycles. The minimum Gasteiger partial charge on any atom is -0.351 e. The van der Waals surface area contributed by atoms with Gasteiger partial charge in [-0.05, 0) is 18.4 Å². The lowest BCUT2D eigenvalue weighted by atomic mass is 10.1. The number of carbonyl (C=O) groups is 1. The molecule has 0 spiro atoms. The highest BCUT2D eigenvalue weighted by Gasteiger charge is 2.22. The molecule has 0 radical (unpaired) electrons. The zero-order valence-electron chi connectivity index (χ0n) is 9.10. The number of rotatable bonds is 5. The lowest BCUT2D eigenvalue weighted by Crippen LogP contribution is -2.26. The van der Waals surface area contributed by atoms with Gasteiger partial charge in [-0.25, -0.2) is 0 Å². The first-order valence-electron chi connectivity index (χ1n) is 4.78. The Balaban J connectivity index is 2.93. The van der Waals surface area contributed by atoms with Crippen LogP contribution in [0.5, 0.6) is 0 Å². The number of amides is 1. The molecule has 0 aliphatic rings. The summed E-state index contributed by atoms with van der Waals surface area (Å²) in [6, 6.07) is 4.29. The zero-order valence-corrected chi connectivity index (χ0v) is 10.7. The van der Waals surface area contributed by atoms with E-state index in [1.54, 1.807) is 11.8 Å². The molecular weight excluding hydrogens is 264 g/mol. The number of hydrogen-bond acceptors (Lipinski definition) is 4. The number of thioether (sulfide) groups is 1. The van der Waals surface area contributed by atoms with Crippen molar-refractivity contribution in [1.82, 2.24) is 5.32 Å². The number of hydrogen-bond donors (Lipinski definition) is 1. The molecule has 1 N–H and O–H groups in total. The fourth-order valence-corrected chi connectivity index (χ4v) is 1.80. The summed E-state index contributed by atoms with van der Waals surface area (Å²) in [4.78, 5) is 21.9. The van der Waals surface area contributed by atoms with E-state index in [9.17, 15) is 14.9 Å². The predicted molar refractivity (Wildman–Crippen MR) is 68.8 cm³/mol. The van der Waals surface area contributed by atoms with E-state index in [-0.39, 0.29) is 16.3 Å². The quantitative estimate of drug-likeness (QED) is 0.508. The summed E-state index contributed by atoms with van der Waals surface area (Å²) in [6.45, 7) is 0.462.